The van der Waals surface area contributed by atoms with Gasteiger partial charge >= 0.3 is 5.63 Å². The van der Waals surface area contributed by atoms with Crippen molar-refractivity contribution in [3.05, 3.63) is 22.2 Å². The van der Waals surface area contributed by atoms with Crippen LogP contribution in [0.1, 0.15) is 25.0 Å². The third-order valence-corrected chi connectivity index (χ3v) is 1.50. The first-order chi connectivity index (χ1) is 5.24. The monoisotopic (exact) mass is 151 g/mol. The van der Waals surface area contributed by atoms with Gasteiger partial charge in [-0.3, -0.25) is 0 Å². The van der Waals surface area contributed by atoms with E-state index in [1.807, 2.05) is 6.92 Å². The molecule has 0 spiro atoms. The zero-order valence-corrected chi connectivity index (χ0v) is 6.26. The Hall–Kier alpha value is -1.43. The summed E-state index contributed by atoms with van der Waals surface area (Å²) in [6.45, 7) is 1.93. The van der Waals surface area contributed by atoms with Gasteiger partial charge in [0, 0.05) is 18.4 Å². The van der Waals surface area contributed by atoms with E-state index in [1.54, 1.807) is 0 Å². The molecular weight excluding hydrogens is 142 g/mol. The lowest BCUT2D eigenvalue weighted by Crippen LogP contribution is -1.92. The van der Waals surface area contributed by atoms with Crippen molar-refractivity contribution in [1.29, 1.82) is 0 Å². The smallest absolute Gasteiger partial charge is 0.339 e. The minimum atomic E-state index is -0.358. The Bertz CT molecular complexity index is 315. The normalized spacial score (nSPS) is 12.4. The highest BCUT2D eigenvalue weighted by Gasteiger charge is 2.06. The zero-order valence-electron chi connectivity index (χ0n) is 6.26. The molecule has 1 N–H and O–H groups in total. The van der Waals surface area contributed by atoms with Crippen LogP contribution in [0.3, 0.4) is 0 Å². The molecule has 1 aromatic rings. The van der Waals surface area contributed by atoms with Crippen molar-refractivity contribution >= 4 is 0 Å². The summed E-state index contributed by atoms with van der Waals surface area (Å²) in [7, 11) is 0. The van der Waals surface area contributed by atoms with Gasteiger partial charge in [-0.1, -0.05) is 6.92 Å². The minimum absolute atomic E-state index is 0.159. The molecule has 0 aliphatic carbocycles. The predicted molar refractivity (Wildman–Crippen MR) is 41.2 cm³/mol. The third kappa shape index (κ3) is 1.74. The van der Waals surface area contributed by atoms with Crippen LogP contribution in [-0.2, 0) is 0 Å². The molecule has 0 saturated carbocycles. The average molecular weight is 151 g/mol. The Balaban J connectivity index is 2.78. The fourth-order valence-electron chi connectivity index (χ4n) is 0.825. The van der Waals surface area contributed by atoms with Crippen molar-refractivity contribution in [3.8, 4) is 12.3 Å². The van der Waals surface area contributed by atoms with Crippen molar-refractivity contribution in [1.82, 2.24) is 5.16 Å². The Morgan fingerprint density at radius 1 is 1.91 bits per heavy atom. The molecule has 0 bridgehead atoms. The first-order valence-electron chi connectivity index (χ1n) is 3.36. The molecule has 0 radical (unpaired) electrons. The van der Waals surface area contributed by atoms with E-state index < -0.39 is 0 Å². The first-order valence-corrected chi connectivity index (χ1v) is 3.36. The fourth-order valence-corrected chi connectivity index (χ4v) is 0.825. The van der Waals surface area contributed by atoms with Crippen molar-refractivity contribution in [2.75, 3.05) is 0 Å². The van der Waals surface area contributed by atoms with E-state index in [0.717, 1.165) is 5.69 Å². The van der Waals surface area contributed by atoms with Gasteiger partial charge in [0.05, 0.1) is 5.69 Å². The quantitative estimate of drug-likeness (QED) is 0.643. The molecule has 1 rings (SSSR count). The predicted octanol–water partition coefficient (Wildman–Crippen LogP) is 1.09. The summed E-state index contributed by atoms with van der Waals surface area (Å²) >= 11 is 0. The van der Waals surface area contributed by atoms with Crippen LogP contribution in [0.4, 0.5) is 0 Å². The van der Waals surface area contributed by atoms with E-state index >= 15 is 0 Å². The van der Waals surface area contributed by atoms with Crippen LogP contribution in [0.25, 0.3) is 0 Å². The molecule has 0 saturated heterocycles. The van der Waals surface area contributed by atoms with Crippen LogP contribution in [-0.4, -0.2) is 5.16 Å². The Labute approximate surface area is 64.4 Å². The largest absolute Gasteiger partial charge is 0.357 e. The Morgan fingerprint density at radius 3 is 3.09 bits per heavy atom. The number of terminal acetylenes is 1. The molecule has 0 fully saturated rings. The van der Waals surface area contributed by atoms with Crippen LogP contribution in [0, 0.1) is 12.3 Å². The van der Waals surface area contributed by atoms with Gasteiger partial charge in [-0.2, -0.15) is 0 Å². The summed E-state index contributed by atoms with van der Waals surface area (Å²) in [5.41, 5.74) is 0.400. The minimum Gasteiger partial charge on any atom is -0.339 e. The third-order valence-electron chi connectivity index (χ3n) is 1.50. The highest BCUT2D eigenvalue weighted by atomic mass is 16.5. The lowest BCUT2D eigenvalue weighted by Gasteiger charge is -2.00. The average Bonchev–Trinajstić information content (AvgIpc) is 2.36. The summed E-state index contributed by atoms with van der Waals surface area (Å²) in [5.74, 6) is 2.67. The molecule has 3 nitrogen and oxygen atoms in total. The van der Waals surface area contributed by atoms with Crippen molar-refractivity contribution in [2.24, 2.45) is 0 Å². The van der Waals surface area contributed by atoms with E-state index in [-0.39, 0.29) is 11.5 Å². The molecule has 1 atom stereocenters. The molecule has 3 heteroatoms. The molecule has 1 heterocycles. The van der Waals surface area contributed by atoms with Crippen molar-refractivity contribution in [2.45, 2.75) is 19.3 Å². The van der Waals surface area contributed by atoms with Gasteiger partial charge in [0.15, 0.2) is 0 Å². The SMILES string of the molecule is C#CC[C@@H](C)c1cc(=O)o[nH]1. The van der Waals surface area contributed by atoms with E-state index in [1.165, 1.54) is 6.07 Å². The number of hydrogen-bond donors (Lipinski definition) is 1. The second-order valence-electron chi connectivity index (χ2n) is 2.43. The molecule has 1 aromatic heterocycles. The molecule has 11 heavy (non-hydrogen) atoms. The summed E-state index contributed by atoms with van der Waals surface area (Å²) in [6, 6.07) is 1.42. The van der Waals surface area contributed by atoms with Gasteiger partial charge < -0.3 is 4.52 Å². The number of hydrogen-bond acceptors (Lipinski definition) is 2. The van der Waals surface area contributed by atoms with Gasteiger partial charge in [-0.15, -0.1) is 12.3 Å². The van der Waals surface area contributed by atoms with E-state index in [2.05, 4.69) is 15.6 Å². The second-order valence-corrected chi connectivity index (χ2v) is 2.43. The van der Waals surface area contributed by atoms with Gasteiger partial charge in [-0.05, 0) is 0 Å². The van der Waals surface area contributed by atoms with Gasteiger partial charge in [0.1, 0.15) is 0 Å². The molecule has 0 aliphatic rings. The maximum atomic E-state index is 10.5. The maximum Gasteiger partial charge on any atom is 0.357 e. The number of H-pyrrole nitrogens is 1. The zero-order chi connectivity index (χ0) is 8.27. The van der Waals surface area contributed by atoms with Crippen molar-refractivity contribution < 1.29 is 4.52 Å². The number of nitrogens with one attached hydrogen (secondary N) is 1. The highest BCUT2D eigenvalue weighted by molar-refractivity contribution is 5.06. The van der Waals surface area contributed by atoms with Crippen LogP contribution in [0.2, 0.25) is 0 Å². The second kappa shape index (κ2) is 3.11. The van der Waals surface area contributed by atoms with Crippen LogP contribution in [0.15, 0.2) is 15.4 Å². The fraction of sp³-hybridized carbons (Fsp3) is 0.375. The molecular formula is C8H9NO2. The number of rotatable bonds is 2. The molecule has 0 amide bonds. The van der Waals surface area contributed by atoms with Gasteiger partial charge in [0.2, 0.25) is 0 Å². The number of aromatic nitrogens is 1. The molecule has 0 unspecified atom stereocenters. The van der Waals surface area contributed by atoms with Crippen LogP contribution >= 0.6 is 0 Å². The molecule has 58 valence electrons. The maximum absolute atomic E-state index is 10.5. The lowest BCUT2D eigenvalue weighted by molar-refractivity contribution is 0.381. The number of aromatic amines is 1. The Morgan fingerprint density at radius 2 is 2.64 bits per heavy atom. The molecule has 0 aromatic carbocycles. The summed E-state index contributed by atoms with van der Waals surface area (Å²) < 4.78 is 4.48. The van der Waals surface area contributed by atoms with Gasteiger partial charge in [0.25, 0.3) is 0 Å². The van der Waals surface area contributed by atoms with Gasteiger partial charge in [-0.25, -0.2) is 9.95 Å². The standard InChI is InChI=1S/C8H9NO2/c1-3-4-6(2)7-5-8(10)11-9-7/h1,5-6,9H,4H2,2H3/t6-/m1/s1. The molecule has 0 aliphatic heterocycles. The van der Waals surface area contributed by atoms with E-state index in [4.69, 9.17) is 6.42 Å². The first kappa shape index (κ1) is 7.67. The van der Waals surface area contributed by atoms with E-state index in [0.29, 0.717) is 6.42 Å². The van der Waals surface area contributed by atoms with Crippen LogP contribution in [0.5, 0.6) is 0 Å². The van der Waals surface area contributed by atoms with Crippen LogP contribution < -0.4 is 5.63 Å². The summed E-state index contributed by atoms with van der Waals surface area (Å²) in [6.07, 6.45) is 5.71. The summed E-state index contributed by atoms with van der Waals surface area (Å²) in [5, 5.41) is 2.51. The van der Waals surface area contributed by atoms with Crippen molar-refractivity contribution in [3.63, 3.8) is 0 Å². The summed E-state index contributed by atoms with van der Waals surface area (Å²) in [4.78, 5) is 10.5. The lowest BCUT2D eigenvalue weighted by atomic mass is 10.1. The topological polar surface area (TPSA) is 46.0 Å². The van der Waals surface area contributed by atoms with E-state index in [9.17, 15) is 4.79 Å². The highest BCUT2D eigenvalue weighted by Crippen LogP contribution is 2.13. The Kier molecular flexibility index (Phi) is 2.17.